The number of anilines is 2. The predicted octanol–water partition coefficient (Wildman–Crippen LogP) is 0.878. The zero-order valence-corrected chi connectivity index (χ0v) is 10.8. The van der Waals surface area contributed by atoms with Crippen LogP contribution in [0.2, 0.25) is 0 Å². The van der Waals surface area contributed by atoms with Gasteiger partial charge in [-0.25, -0.2) is 0 Å². The lowest BCUT2D eigenvalue weighted by molar-refractivity contribution is 0.595. The van der Waals surface area contributed by atoms with E-state index in [0.29, 0.717) is 0 Å². The van der Waals surface area contributed by atoms with Gasteiger partial charge >= 0.3 is 0 Å². The Morgan fingerprint density at radius 2 is 1.28 bits per heavy atom. The summed E-state index contributed by atoms with van der Waals surface area (Å²) < 4.78 is 0. The summed E-state index contributed by atoms with van der Waals surface area (Å²) in [5.41, 5.74) is 2.18. The van der Waals surface area contributed by atoms with Gasteiger partial charge in [-0.3, -0.25) is 4.98 Å². The van der Waals surface area contributed by atoms with Crippen molar-refractivity contribution in [1.29, 1.82) is 0 Å². The molecule has 0 saturated carbocycles. The van der Waals surface area contributed by atoms with Gasteiger partial charge in [0.2, 0.25) is 0 Å². The summed E-state index contributed by atoms with van der Waals surface area (Å²) in [6.07, 6.45) is 5.99. The van der Waals surface area contributed by atoms with Crippen LogP contribution in [-0.4, -0.2) is 44.3 Å². The van der Waals surface area contributed by atoms with Crippen LogP contribution in [0.1, 0.15) is 12.8 Å². The zero-order valence-electron chi connectivity index (χ0n) is 10.8. The summed E-state index contributed by atoms with van der Waals surface area (Å²) in [6.45, 7) is 6.16. The molecule has 1 aromatic heterocycles. The van der Waals surface area contributed by atoms with Gasteiger partial charge in [0.05, 0.1) is 23.8 Å². The normalized spacial score (nSPS) is 18.9. The standard InChI is InChI=1S/C13H23N5/c1-3-14-7-8-15-4-2-6-18-13-9-12(17-5-1)10-16-11-13/h9-11,14-15,17-18H,1-8H2. The minimum absolute atomic E-state index is 0.978. The topological polar surface area (TPSA) is 61.0 Å². The maximum absolute atomic E-state index is 4.24. The first-order valence-corrected chi connectivity index (χ1v) is 6.79. The number of rotatable bonds is 0. The molecule has 2 heterocycles. The molecule has 1 aromatic rings. The van der Waals surface area contributed by atoms with Crippen molar-refractivity contribution in [2.45, 2.75) is 12.8 Å². The highest BCUT2D eigenvalue weighted by molar-refractivity contribution is 5.53. The fourth-order valence-electron chi connectivity index (χ4n) is 1.95. The van der Waals surface area contributed by atoms with Gasteiger partial charge in [0.15, 0.2) is 0 Å². The molecule has 4 N–H and O–H groups in total. The average Bonchev–Trinajstić information content (AvgIpc) is 2.40. The number of fused-ring (bicyclic) bond motifs is 2. The molecule has 0 amide bonds. The molecule has 0 spiro atoms. The molecule has 1 aliphatic rings. The highest BCUT2D eigenvalue weighted by Crippen LogP contribution is 2.12. The van der Waals surface area contributed by atoms with E-state index in [1.807, 2.05) is 12.4 Å². The van der Waals surface area contributed by atoms with Crippen molar-refractivity contribution >= 4 is 11.4 Å². The Labute approximate surface area is 109 Å². The first kappa shape index (κ1) is 13.1. The summed E-state index contributed by atoms with van der Waals surface area (Å²) in [5, 5.41) is 13.6. The first-order valence-electron chi connectivity index (χ1n) is 6.79. The summed E-state index contributed by atoms with van der Waals surface area (Å²) >= 11 is 0. The lowest BCUT2D eigenvalue weighted by atomic mass is 10.3. The molecule has 0 aromatic carbocycles. The SMILES string of the molecule is c1ncc2cc1NCCCNCCNCCCN2. The molecule has 0 unspecified atom stereocenters. The number of hydrogen-bond acceptors (Lipinski definition) is 5. The molecule has 1 aliphatic heterocycles. The molecular weight excluding hydrogens is 226 g/mol. The van der Waals surface area contributed by atoms with E-state index in [4.69, 9.17) is 0 Å². The van der Waals surface area contributed by atoms with E-state index in [0.717, 1.165) is 63.5 Å². The summed E-state index contributed by atoms with van der Waals surface area (Å²) in [4.78, 5) is 4.24. The Hall–Kier alpha value is -1.33. The monoisotopic (exact) mass is 249 g/mol. The largest absolute Gasteiger partial charge is 0.384 e. The third kappa shape index (κ3) is 4.89. The number of pyridine rings is 1. The van der Waals surface area contributed by atoms with Gasteiger partial charge in [-0.1, -0.05) is 0 Å². The van der Waals surface area contributed by atoms with E-state index in [9.17, 15) is 0 Å². The van der Waals surface area contributed by atoms with E-state index >= 15 is 0 Å². The smallest absolute Gasteiger partial charge is 0.0547 e. The molecule has 0 atom stereocenters. The molecule has 2 rings (SSSR count). The van der Waals surface area contributed by atoms with E-state index in [-0.39, 0.29) is 0 Å². The molecule has 5 nitrogen and oxygen atoms in total. The van der Waals surface area contributed by atoms with Gasteiger partial charge in [-0.15, -0.1) is 0 Å². The van der Waals surface area contributed by atoms with Crippen LogP contribution in [-0.2, 0) is 0 Å². The third-order valence-electron chi connectivity index (χ3n) is 2.94. The van der Waals surface area contributed by atoms with Crippen molar-refractivity contribution in [1.82, 2.24) is 15.6 Å². The molecule has 0 saturated heterocycles. The van der Waals surface area contributed by atoms with Gasteiger partial charge in [-0.05, 0) is 32.0 Å². The van der Waals surface area contributed by atoms with Crippen molar-refractivity contribution in [3.63, 3.8) is 0 Å². The maximum Gasteiger partial charge on any atom is 0.0547 e. The summed E-state index contributed by atoms with van der Waals surface area (Å²) in [7, 11) is 0. The van der Waals surface area contributed by atoms with Crippen LogP contribution < -0.4 is 21.3 Å². The van der Waals surface area contributed by atoms with Crippen LogP contribution in [0, 0.1) is 0 Å². The molecule has 0 radical (unpaired) electrons. The van der Waals surface area contributed by atoms with Crippen LogP contribution in [0.4, 0.5) is 11.4 Å². The highest BCUT2D eigenvalue weighted by Gasteiger charge is 1.97. The fraction of sp³-hybridized carbons (Fsp3) is 0.615. The van der Waals surface area contributed by atoms with Crippen LogP contribution >= 0.6 is 0 Å². The van der Waals surface area contributed by atoms with E-state index < -0.39 is 0 Å². The van der Waals surface area contributed by atoms with Gasteiger partial charge < -0.3 is 21.3 Å². The average molecular weight is 249 g/mol. The molecule has 0 aliphatic carbocycles. The summed E-state index contributed by atoms with van der Waals surface area (Å²) in [6, 6.07) is 2.12. The molecular formula is C13H23N5. The summed E-state index contributed by atoms with van der Waals surface area (Å²) in [5.74, 6) is 0. The quantitative estimate of drug-likeness (QED) is 0.550. The first-order chi connectivity index (χ1) is 8.95. The minimum Gasteiger partial charge on any atom is -0.384 e. The Balaban J connectivity index is 1.87. The number of nitrogens with one attached hydrogen (secondary N) is 4. The lowest BCUT2D eigenvalue weighted by Gasteiger charge is -2.09. The van der Waals surface area contributed by atoms with E-state index in [1.165, 1.54) is 0 Å². The van der Waals surface area contributed by atoms with Gasteiger partial charge in [0.25, 0.3) is 0 Å². The van der Waals surface area contributed by atoms with Crippen LogP contribution in [0.5, 0.6) is 0 Å². The highest BCUT2D eigenvalue weighted by atomic mass is 15.0. The molecule has 5 heteroatoms. The molecule has 2 bridgehead atoms. The molecule has 18 heavy (non-hydrogen) atoms. The Kier molecular flexibility index (Phi) is 5.75. The number of hydrogen-bond donors (Lipinski definition) is 4. The van der Waals surface area contributed by atoms with Crippen molar-refractivity contribution in [3.05, 3.63) is 18.5 Å². The minimum atomic E-state index is 0.978. The Morgan fingerprint density at radius 1 is 0.722 bits per heavy atom. The van der Waals surface area contributed by atoms with Crippen molar-refractivity contribution in [2.75, 3.05) is 49.9 Å². The van der Waals surface area contributed by atoms with Crippen LogP contribution in [0.25, 0.3) is 0 Å². The second-order valence-electron chi connectivity index (χ2n) is 4.52. The zero-order chi connectivity index (χ0) is 12.5. The van der Waals surface area contributed by atoms with Crippen LogP contribution in [0.3, 0.4) is 0 Å². The van der Waals surface area contributed by atoms with E-state index in [2.05, 4.69) is 32.3 Å². The second-order valence-corrected chi connectivity index (χ2v) is 4.52. The molecule has 0 fully saturated rings. The number of nitrogens with zero attached hydrogens (tertiary/aromatic N) is 1. The third-order valence-corrected chi connectivity index (χ3v) is 2.94. The van der Waals surface area contributed by atoms with Crippen molar-refractivity contribution in [2.24, 2.45) is 0 Å². The molecule has 100 valence electrons. The maximum atomic E-state index is 4.24. The van der Waals surface area contributed by atoms with Crippen molar-refractivity contribution < 1.29 is 0 Å². The van der Waals surface area contributed by atoms with Crippen molar-refractivity contribution in [3.8, 4) is 0 Å². The predicted molar refractivity (Wildman–Crippen MR) is 76.2 cm³/mol. The van der Waals surface area contributed by atoms with Gasteiger partial charge in [0, 0.05) is 26.2 Å². The fourth-order valence-corrected chi connectivity index (χ4v) is 1.95. The second kappa shape index (κ2) is 7.89. The van der Waals surface area contributed by atoms with Crippen LogP contribution in [0.15, 0.2) is 18.5 Å². The number of aromatic nitrogens is 1. The Bertz CT molecular complexity index is 313. The van der Waals surface area contributed by atoms with Gasteiger partial charge in [0.1, 0.15) is 0 Å². The Morgan fingerprint density at radius 3 is 1.83 bits per heavy atom. The van der Waals surface area contributed by atoms with Gasteiger partial charge in [-0.2, -0.15) is 0 Å². The lowest BCUT2D eigenvalue weighted by Crippen LogP contribution is -2.29. The van der Waals surface area contributed by atoms with E-state index in [1.54, 1.807) is 0 Å².